The third kappa shape index (κ3) is 2.83. The van der Waals surface area contributed by atoms with Crippen molar-refractivity contribution in [2.24, 2.45) is 11.7 Å². The lowest BCUT2D eigenvalue weighted by Gasteiger charge is -2.16. The van der Waals surface area contributed by atoms with Crippen molar-refractivity contribution in [1.29, 1.82) is 0 Å². The zero-order valence-electron chi connectivity index (χ0n) is 11.3. The summed E-state index contributed by atoms with van der Waals surface area (Å²) in [4.78, 5) is 34.8. The number of hydrogen-bond acceptors (Lipinski definition) is 4. The molecule has 7 nitrogen and oxygen atoms in total. The van der Waals surface area contributed by atoms with E-state index >= 15 is 0 Å². The Morgan fingerprint density at radius 1 is 1.48 bits per heavy atom. The van der Waals surface area contributed by atoms with Crippen molar-refractivity contribution in [1.82, 2.24) is 4.90 Å². The van der Waals surface area contributed by atoms with E-state index in [1.165, 1.54) is 11.8 Å². The minimum Gasteiger partial charge on any atom is -0.369 e. The Morgan fingerprint density at radius 3 is 2.67 bits per heavy atom. The van der Waals surface area contributed by atoms with Crippen molar-refractivity contribution in [3.05, 3.63) is 39.2 Å². The monoisotopic (exact) mass is 295 g/mol. The van der Waals surface area contributed by atoms with E-state index in [1.54, 1.807) is 0 Å². The highest BCUT2D eigenvalue weighted by Crippen LogP contribution is 2.25. The summed E-state index contributed by atoms with van der Waals surface area (Å²) >= 11 is 0. The zero-order chi connectivity index (χ0) is 15.7. The van der Waals surface area contributed by atoms with Gasteiger partial charge in [-0.3, -0.25) is 19.7 Å². The standard InChI is InChI=1S/C13H14FN3O4/c1-7-4-9(17(20)21)5-10(11(7)14)13(19)16-3-2-8(6-16)12(15)18/h4-5,8H,2-3,6H2,1H3,(H2,15,18). The van der Waals surface area contributed by atoms with Crippen LogP contribution in [-0.2, 0) is 4.79 Å². The average Bonchev–Trinajstić information content (AvgIpc) is 2.90. The molecule has 1 aliphatic rings. The maximum Gasteiger partial charge on any atom is 0.270 e. The summed E-state index contributed by atoms with van der Waals surface area (Å²) in [5, 5.41) is 10.8. The van der Waals surface area contributed by atoms with Gasteiger partial charge in [-0.15, -0.1) is 0 Å². The molecule has 1 unspecified atom stereocenters. The number of hydrogen-bond donors (Lipinski definition) is 1. The van der Waals surface area contributed by atoms with Gasteiger partial charge in [-0.05, 0) is 18.9 Å². The Labute approximate surface area is 119 Å². The molecule has 1 aliphatic heterocycles. The van der Waals surface area contributed by atoms with Gasteiger partial charge in [0.25, 0.3) is 11.6 Å². The number of likely N-dealkylation sites (tertiary alicyclic amines) is 1. The number of non-ortho nitro benzene ring substituents is 1. The molecule has 1 aromatic carbocycles. The highest BCUT2D eigenvalue weighted by atomic mass is 19.1. The van der Waals surface area contributed by atoms with E-state index in [1.807, 2.05) is 0 Å². The molecule has 1 heterocycles. The van der Waals surface area contributed by atoms with Crippen LogP contribution in [-0.4, -0.2) is 34.7 Å². The van der Waals surface area contributed by atoms with Gasteiger partial charge in [0.2, 0.25) is 5.91 Å². The third-order valence-electron chi connectivity index (χ3n) is 3.56. The molecule has 2 rings (SSSR count). The van der Waals surface area contributed by atoms with Gasteiger partial charge in [-0.2, -0.15) is 0 Å². The first-order valence-electron chi connectivity index (χ1n) is 6.34. The quantitative estimate of drug-likeness (QED) is 0.662. The molecule has 2 amide bonds. The van der Waals surface area contributed by atoms with Crippen LogP contribution in [0.25, 0.3) is 0 Å². The molecular weight excluding hydrogens is 281 g/mol. The molecule has 21 heavy (non-hydrogen) atoms. The van der Waals surface area contributed by atoms with Crippen LogP contribution in [0.1, 0.15) is 22.3 Å². The van der Waals surface area contributed by atoms with E-state index in [-0.39, 0.29) is 29.9 Å². The average molecular weight is 295 g/mol. The maximum atomic E-state index is 14.0. The fraction of sp³-hybridized carbons (Fsp3) is 0.385. The molecule has 112 valence electrons. The number of halogens is 1. The molecule has 1 aromatic rings. The molecule has 0 radical (unpaired) electrons. The first kappa shape index (κ1) is 14.9. The van der Waals surface area contributed by atoms with E-state index < -0.39 is 28.5 Å². The second-order valence-electron chi connectivity index (χ2n) is 5.02. The lowest BCUT2D eigenvalue weighted by molar-refractivity contribution is -0.385. The van der Waals surface area contributed by atoms with Gasteiger partial charge in [0.1, 0.15) is 5.82 Å². The Balaban J connectivity index is 2.31. The van der Waals surface area contributed by atoms with Crippen LogP contribution in [0, 0.1) is 28.8 Å². The fourth-order valence-corrected chi connectivity index (χ4v) is 2.36. The summed E-state index contributed by atoms with van der Waals surface area (Å²) in [5.74, 6) is -2.42. The summed E-state index contributed by atoms with van der Waals surface area (Å²) in [5.41, 5.74) is 4.50. The number of nitro benzene ring substituents is 1. The number of aryl methyl sites for hydroxylation is 1. The van der Waals surface area contributed by atoms with E-state index in [2.05, 4.69) is 0 Å². The van der Waals surface area contributed by atoms with Crippen molar-refractivity contribution < 1.29 is 18.9 Å². The van der Waals surface area contributed by atoms with Crippen molar-refractivity contribution >= 4 is 17.5 Å². The lowest BCUT2D eigenvalue weighted by Crippen LogP contribution is -2.32. The predicted molar refractivity (Wildman–Crippen MR) is 71.0 cm³/mol. The van der Waals surface area contributed by atoms with E-state index in [0.717, 1.165) is 12.1 Å². The topological polar surface area (TPSA) is 107 Å². The number of nitrogens with two attached hydrogens (primary N) is 1. The summed E-state index contributed by atoms with van der Waals surface area (Å²) in [6.45, 7) is 1.73. The van der Waals surface area contributed by atoms with Gasteiger partial charge < -0.3 is 10.6 Å². The van der Waals surface area contributed by atoms with Crippen LogP contribution >= 0.6 is 0 Å². The zero-order valence-corrected chi connectivity index (χ0v) is 11.3. The molecular formula is C13H14FN3O4. The maximum absolute atomic E-state index is 14.0. The number of carbonyl (C=O) groups is 2. The SMILES string of the molecule is Cc1cc([N+](=O)[O-])cc(C(=O)N2CCC(C(N)=O)C2)c1F. The van der Waals surface area contributed by atoms with Gasteiger partial charge in [-0.1, -0.05) is 0 Å². The highest BCUT2D eigenvalue weighted by Gasteiger charge is 2.32. The molecule has 0 saturated carbocycles. The summed E-state index contributed by atoms with van der Waals surface area (Å²) < 4.78 is 14.0. The van der Waals surface area contributed by atoms with Gasteiger partial charge in [0, 0.05) is 25.2 Å². The van der Waals surface area contributed by atoms with Crippen LogP contribution in [0.5, 0.6) is 0 Å². The van der Waals surface area contributed by atoms with Crippen molar-refractivity contribution in [3.8, 4) is 0 Å². The van der Waals surface area contributed by atoms with Crippen LogP contribution in [0.2, 0.25) is 0 Å². The number of benzene rings is 1. The highest BCUT2D eigenvalue weighted by molar-refractivity contribution is 5.96. The lowest BCUT2D eigenvalue weighted by atomic mass is 10.1. The molecule has 0 aromatic heterocycles. The number of nitrogens with zero attached hydrogens (tertiary/aromatic N) is 2. The first-order valence-corrected chi connectivity index (χ1v) is 6.34. The number of nitro groups is 1. The Morgan fingerprint density at radius 2 is 2.14 bits per heavy atom. The second-order valence-corrected chi connectivity index (χ2v) is 5.02. The fourth-order valence-electron chi connectivity index (χ4n) is 2.36. The molecule has 1 fully saturated rings. The van der Waals surface area contributed by atoms with Crippen LogP contribution in [0.15, 0.2) is 12.1 Å². The Bertz CT molecular complexity index is 632. The molecule has 2 N–H and O–H groups in total. The van der Waals surface area contributed by atoms with E-state index in [0.29, 0.717) is 6.42 Å². The van der Waals surface area contributed by atoms with Gasteiger partial charge in [-0.25, -0.2) is 4.39 Å². The number of rotatable bonds is 3. The normalized spacial score (nSPS) is 17.8. The van der Waals surface area contributed by atoms with Gasteiger partial charge in [0.15, 0.2) is 0 Å². The largest absolute Gasteiger partial charge is 0.369 e. The van der Waals surface area contributed by atoms with E-state index in [4.69, 9.17) is 5.73 Å². The van der Waals surface area contributed by atoms with Crippen molar-refractivity contribution in [2.75, 3.05) is 13.1 Å². The summed E-state index contributed by atoms with van der Waals surface area (Å²) in [7, 11) is 0. The molecule has 0 bridgehead atoms. The van der Waals surface area contributed by atoms with E-state index in [9.17, 15) is 24.1 Å². The number of primary amides is 1. The Hall–Kier alpha value is -2.51. The van der Waals surface area contributed by atoms with Crippen molar-refractivity contribution in [2.45, 2.75) is 13.3 Å². The second kappa shape index (κ2) is 5.47. The third-order valence-corrected chi connectivity index (χ3v) is 3.56. The molecule has 1 saturated heterocycles. The molecule has 0 spiro atoms. The predicted octanol–water partition coefficient (Wildman–Crippen LogP) is 0.990. The minimum atomic E-state index is -0.784. The molecule has 0 aliphatic carbocycles. The van der Waals surface area contributed by atoms with Gasteiger partial charge >= 0.3 is 0 Å². The number of carbonyl (C=O) groups excluding carboxylic acids is 2. The van der Waals surface area contributed by atoms with Crippen LogP contribution in [0.4, 0.5) is 10.1 Å². The summed E-state index contributed by atoms with van der Waals surface area (Å²) in [6, 6.07) is 1.99. The molecule has 8 heteroatoms. The van der Waals surface area contributed by atoms with Crippen LogP contribution in [0.3, 0.4) is 0 Å². The van der Waals surface area contributed by atoms with Crippen LogP contribution < -0.4 is 5.73 Å². The molecule has 1 atom stereocenters. The minimum absolute atomic E-state index is 0.0261. The smallest absolute Gasteiger partial charge is 0.270 e. The van der Waals surface area contributed by atoms with Gasteiger partial charge in [0.05, 0.1) is 16.4 Å². The van der Waals surface area contributed by atoms with Crippen molar-refractivity contribution in [3.63, 3.8) is 0 Å². The first-order chi connectivity index (χ1) is 9.81. The number of amides is 2. The summed E-state index contributed by atoms with van der Waals surface area (Å²) in [6.07, 6.45) is 0.413. The Kier molecular flexibility index (Phi) is 3.88.